The first-order chi connectivity index (χ1) is 8.23. The van der Waals surface area contributed by atoms with E-state index in [1.165, 1.54) is 0 Å². The number of hydrogen-bond acceptors (Lipinski definition) is 3. The molecule has 1 aliphatic rings. The lowest BCUT2D eigenvalue weighted by Crippen LogP contribution is -2.63. The highest BCUT2D eigenvalue weighted by Crippen LogP contribution is 2.45. The van der Waals surface area contributed by atoms with E-state index in [4.69, 9.17) is 10.5 Å². The van der Waals surface area contributed by atoms with Crippen molar-refractivity contribution in [1.82, 2.24) is 4.90 Å². The van der Waals surface area contributed by atoms with E-state index in [9.17, 15) is 4.79 Å². The Kier molecular flexibility index (Phi) is 4.78. The van der Waals surface area contributed by atoms with Crippen LogP contribution in [0.15, 0.2) is 0 Å². The normalized spacial score (nSPS) is 29.3. The quantitative estimate of drug-likeness (QED) is 0.813. The average Bonchev–Trinajstić information content (AvgIpc) is 2.31. The molecular weight excluding hydrogens is 228 g/mol. The fraction of sp³-hybridized carbons (Fsp3) is 0.929. The van der Waals surface area contributed by atoms with Crippen molar-refractivity contribution >= 4 is 5.91 Å². The molecule has 1 fully saturated rings. The van der Waals surface area contributed by atoms with Crippen LogP contribution in [0.5, 0.6) is 0 Å². The van der Waals surface area contributed by atoms with Crippen LogP contribution >= 0.6 is 0 Å². The number of nitrogens with zero attached hydrogens (tertiary/aromatic N) is 1. The van der Waals surface area contributed by atoms with Crippen molar-refractivity contribution in [2.75, 3.05) is 13.7 Å². The van der Waals surface area contributed by atoms with Crippen LogP contribution in [0.25, 0.3) is 0 Å². The number of ether oxygens (including phenoxy) is 1. The zero-order chi connectivity index (χ0) is 14.1. The first-order valence-corrected chi connectivity index (χ1v) is 6.87. The van der Waals surface area contributed by atoms with E-state index < -0.39 is 0 Å². The van der Waals surface area contributed by atoms with Gasteiger partial charge in [0.1, 0.15) is 0 Å². The number of nitrogens with two attached hydrogens (primary N) is 1. The van der Waals surface area contributed by atoms with E-state index in [1.807, 2.05) is 32.7 Å². The van der Waals surface area contributed by atoms with Gasteiger partial charge in [-0.25, -0.2) is 0 Å². The molecule has 0 heterocycles. The molecule has 0 aromatic carbocycles. The molecular formula is C14H28N2O2. The topological polar surface area (TPSA) is 55.6 Å². The monoisotopic (exact) mass is 256 g/mol. The SMILES string of the molecule is CCOC1CC(N(C)C(=O)C(C)C(C)N)C1(C)C. The minimum Gasteiger partial charge on any atom is -0.378 e. The summed E-state index contributed by atoms with van der Waals surface area (Å²) in [5.41, 5.74) is 5.83. The molecule has 4 heteroatoms. The third-order valence-corrected chi connectivity index (χ3v) is 4.49. The summed E-state index contributed by atoms with van der Waals surface area (Å²) in [6.07, 6.45) is 1.18. The van der Waals surface area contributed by atoms with E-state index in [2.05, 4.69) is 13.8 Å². The molecule has 0 aliphatic heterocycles. The predicted octanol–water partition coefficient (Wildman–Crippen LogP) is 1.63. The molecule has 2 N–H and O–H groups in total. The summed E-state index contributed by atoms with van der Waals surface area (Å²) >= 11 is 0. The van der Waals surface area contributed by atoms with Crippen molar-refractivity contribution in [2.24, 2.45) is 17.1 Å². The Bertz CT molecular complexity index is 302. The third kappa shape index (κ3) is 2.69. The van der Waals surface area contributed by atoms with Gasteiger partial charge in [-0.05, 0) is 20.3 Å². The minimum absolute atomic E-state index is 0.0258. The summed E-state index contributed by atoms with van der Waals surface area (Å²) in [7, 11) is 1.88. The lowest BCUT2D eigenvalue weighted by atomic mass is 9.63. The van der Waals surface area contributed by atoms with Gasteiger partial charge in [0.25, 0.3) is 0 Å². The summed E-state index contributed by atoms with van der Waals surface area (Å²) in [5, 5.41) is 0. The van der Waals surface area contributed by atoms with Crippen LogP contribution in [-0.2, 0) is 9.53 Å². The highest BCUT2D eigenvalue weighted by molar-refractivity contribution is 5.79. The van der Waals surface area contributed by atoms with Crippen molar-refractivity contribution in [3.05, 3.63) is 0 Å². The summed E-state index contributed by atoms with van der Waals surface area (Å²) in [4.78, 5) is 14.1. The fourth-order valence-electron chi connectivity index (χ4n) is 2.71. The number of rotatable bonds is 5. The molecule has 0 aromatic heterocycles. The molecule has 0 aromatic rings. The molecule has 4 nitrogen and oxygen atoms in total. The zero-order valence-electron chi connectivity index (χ0n) is 12.6. The van der Waals surface area contributed by atoms with Gasteiger partial charge >= 0.3 is 0 Å². The minimum atomic E-state index is -0.128. The Morgan fingerprint density at radius 1 is 1.50 bits per heavy atom. The molecule has 0 spiro atoms. The Balaban J connectivity index is 2.65. The molecule has 0 bridgehead atoms. The number of hydrogen-bond donors (Lipinski definition) is 1. The molecule has 4 atom stereocenters. The van der Waals surface area contributed by atoms with Crippen molar-refractivity contribution in [1.29, 1.82) is 0 Å². The molecule has 106 valence electrons. The van der Waals surface area contributed by atoms with Crippen LogP contribution in [0.4, 0.5) is 0 Å². The van der Waals surface area contributed by atoms with Crippen LogP contribution in [0, 0.1) is 11.3 Å². The smallest absolute Gasteiger partial charge is 0.226 e. The van der Waals surface area contributed by atoms with E-state index in [1.54, 1.807) is 0 Å². The second-order valence-electron chi connectivity index (χ2n) is 6.11. The summed E-state index contributed by atoms with van der Waals surface area (Å²) < 4.78 is 5.70. The van der Waals surface area contributed by atoms with Gasteiger partial charge in [-0.15, -0.1) is 0 Å². The fourth-order valence-corrected chi connectivity index (χ4v) is 2.71. The molecule has 18 heavy (non-hydrogen) atoms. The Hall–Kier alpha value is -0.610. The summed E-state index contributed by atoms with van der Waals surface area (Å²) in [5.74, 6) is 0.00923. The van der Waals surface area contributed by atoms with E-state index in [0.717, 1.165) is 13.0 Å². The van der Waals surface area contributed by atoms with Crippen LogP contribution in [-0.4, -0.2) is 42.6 Å². The Morgan fingerprint density at radius 2 is 2.06 bits per heavy atom. The maximum atomic E-state index is 12.3. The van der Waals surface area contributed by atoms with Crippen molar-refractivity contribution < 1.29 is 9.53 Å². The van der Waals surface area contributed by atoms with Crippen LogP contribution in [0.2, 0.25) is 0 Å². The zero-order valence-corrected chi connectivity index (χ0v) is 12.6. The number of amides is 1. The van der Waals surface area contributed by atoms with Crippen molar-refractivity contribution in [3.8, 4) is 0 Å². The van der Waals surface area contributed by atoms with Gasteiger partial charge in [0.15, 0.2) is 0 Å². The van der Waals surface area contributed by atoms with Crippen LogP contribution in [0.1, 0.15) is 41.0 Å². The van der Waals surface area contributed by atoms with Gasteiger partial charge in [0.2, 0.25) is 5.91 Å². The molecule has 1 aliphatic carbocycles. The van der Waals surface area contributed by atoms with Gasteiger partial charge in [-0.3, -0.25) is 4.79 Å². The van der Waals surface area contributed by atoms with E-state index in [0.29, 0.717) is 0 Å². The van der Waals surface area contributed by atoms with Gasteiger partial charge in [0, 0.05) is 31.2 Å². The largest absolute Gasteiger partial charge is 0.378 e. The lowest BCUT2D eigenvalue weighted by molar-refractivity contribution is -0.166. The maximum absolute atomic E-state index is 12.3. The third-order valence-electron chi connectivity index (χ3n) is 4.49. The molecule has 1 saturated carbocycles. The van der Waals surface area contributed by atoms with Crippen molar-refractivity contribution in [3.63, 3.8) is 0 Å². The van der Waals surface area contributed by atoms with Crippen LogP contribution in [0.3, 0.4) is 0 Å². The molecule has 1 rings (SSSR count). The summed E-state index contributed by atoms with van der Waals surface area (Å²) in [6.45, 7) is 10.9. The van der Waals surface area contributed by atoms with Crippen molar-refractivity contribution in [2.45, 2.75) is 59.2 Å². The van der Waals surface area contributed by atoms with Gasteiger partial charge in [0.05, 0.1) is 12.0 Å². The van der Waals surface area contributed by atoms with Gasteiger partial charge in [-0.1, -0.05) is 20.8 Å². The molecule has 0 radical (unpaired) electrons. The first-order valence-electron chi connectivity index (χ1n) is 6.87. The predicted molar refractivity (Wildman–Crippen MR) is 73.2 cm³/mol. The second-order valence-corrected chi connectivity index (χ2v) is 6.11. The first kappa shape index (κ1) is 15.4. The van der Waals surface area contributed by atoms with Gasteiger partial charge in [-0.2, -0.15) is 0 Å². The Labute approximate surface area is 111 Å². The molecule has 0 saturated heterocycles. The maximum Gasteiger partial charge on any atom is 0.226 e. The highest BCUT2D eigenvalue weighted by Gasteiger charge is 2.52. The van der Waals surface area contributed by atoms with E-state index in [-0.39, 0.29) is 35.4 Å². The molecule has 4 unspecified atom stereocenters. The standard InChI is InChI=1S/C14H28N2O2/c1-7-18-12-8-11(14(12,4)5)16(6)13(17)9(2)10(3)15/h9-12H,7-8,15H2,1-6H3. The average molecular weight is 256 g/mol. The second kappa shape index (κ2) is 5.57. The van der Waals surface area contributed by atoms with E-state index >= 15 is 0 Å². The molecule has 1 amide bonds. The highest BCUT2D eigenvalue weighted by atomic mass is 16.5. The lowest BCUT2D eigenvalue weighted by Gasteiger charge is -2.55. The number of carbonyl (C=O) groups excluding carboxylic acids is 1. The summed E-state index contributed by atoms with van der Waals surface area (Å²) in [6, 6.07) is 0.147. The Morgan fingerprint density at radius 3 is 2.44 bits per heavy atom. The number of carbonyl (C=O) groups is 1. The van der Waals surface area contributed by atoms with Crippen LogP contribution < -0.4 is 5.73 Å². The van der Waals surface area contributed by atoms with Gasteiger partial charge < -0.3 is 15.4 Å².